The summed E-state index contributed by atoms with van der Waals surface area (Å²) in [7, 11) is 0. The van der Waals surface area contributed by atoms with E-state index in [2.05, 4.69) is 15.5 Å². The van der Waals surface area contributed by atoms with E-state index in [-0.39, 0.29) is 23.7 Å². The van der Waals surface area contributed by atoms with Gasteiger partial charge < -0.3 is 19.5 Å². The number of carbonyl (C=O) groups excluding carboxylic acids is 1. The minimum absolute atomic E-state index is 0.0274. The molecule has 1 amide bonds. The summed E-state index contributed by atoms with van der Waals surface area (Å²) in [4.78, 5) is 18.7. The number of hydrogen-bond acceptors (Lipinski definition) is 6. The third-order valence-corrected chi connectivity index (χ3v) is 5.87. The molecule has 1 unspecified atom stereocenters. The van der Waals surface area contributed by atoms with Crippen LogP contribution in [0.1, 0.15) is 44.9 Å². The Morgan fingerprint density at radius 2 is 2.13 bits per heavy atom. The predicted octanol–water partition coefficient (Wildman–Crippen LogP) is 3.34. The average molecular weight is 416 g/mol. The molecular weight excluding hydrogens is 387 g/mol. The minimum atomic E-state index is -0.316. The molecule has 7 nitrogen and oxygen atoms in total. The van der Waals surface area contributed by atoms with Crippen molar-refractivity contribution in [1.82, 2.24) is 15.5 Å². The zero-order chi connectivity index (χ0) is 20.9. The zero-order valence-electron chi connectivity index (χ0n) is 17.4. The van der Waals surface area contributed by atoms with Crippen LogP contribution in [0.15, 0.2) is 22.7 Å². The second-order valence-corrected chi connectivity index (χ2v) is 8.07. The van der Waals surface area contributed by atoms with E-state index in [1.54, 1.807) is 6.07 Å². The smallest absolute Gasteiger partial charge is 0.258 e. The van der Waals surface area contributed by atoms with Gasteiger partial charge in [-0.2, -0.15) is 4.98 Å². The second kappa shape index (κ2) is 9.55. The van der Waals surface area contributed by atoms with Crippen LogP contribution >= 0.6 is 0 Å². The van der Waals surface area contributed by atoms with Crippen molar-refractivity contribution in [3.05, 3.63) is 29.8 Å². The van der Waals surface area contributed by atoms with Gasteiger partial charge in [0.25, 0.3) is 5.89 Å². The third kappa shape index (κ3) is 4.80. The third-order valence-electron chi connectivity index (χ3n) is 5.87. The van der Waals surface area contributed by atoms with E-state index in [0.29, 0.717) is 55.4 Å². The highest BCUT2D eigenvalue weighted by Gasteiger charge is 2.27. The van der Waals surface area contributed by atoms with Crippen LogP contribution in [-0.4, -0.2) is 48.4 Å². The number of anilines is 1. The second-order valence-electron chi connectivity index (χ2n) is 8.07. The first-order valence-electron chi connectivity index (χ1n) is 10.9. The summed E-state index contributed by atoms with van der Waals surface area (Å²) in [5, 5.41) is 6.94. The Morgan fingerprint density at radius 1 is 1.30 bits per heavy atom. The molecule has 1 atom stereocenters. The highest BCUT2D eigenvalue weighted by molar-refractivity contribution is 5.79. The Kier molecular flexibility index (Phi) is 6.62. The van der Waals surface area contributed by atoms with Gasteiger partial charge in [-0.1, -0.05) is 12.1 Å². The highest BCUT2D eigenvalue weighted by atomic mass is 19.1. The van der Waals surface area contributed by atoms with Gasteiger partial charge in [0.1, 0.15) is 5.82 Å². The number of hydrogen-bond donors (Lipinski definition) is 1. The Morgan fingerprint density at radius 3 is 2.83 bits per heavy atom. The van der Waals surface area contributed by atoms with Crippen LogP contribution in [0.2, 0.25) is 0 Å². The first kappa shape index (κ1) is 20.8. The molecule has 8 heteroatoms. The number of benzene rings is 1. The lowest BCUT2D eigenvalue weighted by Crippen LogP contribution is -2.42. The number of nitrogens with one attached hydrogen (secondary N) is 1. The average Bonchev–Trinajstić information content (AvgIpc) is 3.45. The number of halogens is 1. The molecule has 3 heterocycles. The molecule has 4 rings (SSSR count). The molecule has 30 heavy (non-hydrogen) atoms. The van der Waals surface area contributed by atoms with E-state index >= 15 is 0 Å². The van der Waals surface area contributed by atoms with Gasteiger partial charge in [-0.15, -0.1) is 0 Å². The predicted molar refractivity (Wildman–Crippen MR) is 111 cm³/mol. The SMILES string of the molecule is CCCc1noc(-c2ccc(N3CCC(C(=O)NCC4CCCO4)CC3)c(F)c2)n1. The van der Waals surface area contributed by atoms with E-state index in [4.69, 9.17) is 9.26 Å². The molecule has 2 aliphatic heterocycles. The Bertz CT molecular complexity index is 858. The molecule has 0 spiro atoms. The van der Waals surface area contributed by atoms with Crippen molar-refractivity contribution in [3.8, 4) is 11.5 Å². The van der Waals surface area contributed by atoms with Gasteiger partial charge in [-0.05, 0) is 50.3 Å². The van der Waals surface area contributed by atoms with Crippen LogP contribution in [-0.2, 0) is 16.0 Å². The van der Waals surface area contributed by atoms with Gasteiger partial charge in [0, 0.05) is 44.1 Å². The first-order chi connectivity index (χ1) is 14.6. The van der Waals surface area contributed by atoms with Crippen molar-refractivity contribution in [2.24, 2.45) is 5.92 Å². The number of nitrogens with zero attached hydrogens (tertiary/aromatic N) is 3. The van der Waals surface area contributed by atoms with Gasteiger partial charge >= 0.3 is 0 Å². The molecule has 2 aliphatic rings. The van der Waals surface area contributed by atoms with Crippen LogP contribution in [0.3, 0.4) is 0 Å². The minimum Gasteiger partial charge on any atom is -0.376 e. The summed E-state index contributed by atoms with van der Waals surface area (Å²) in [5.41, 5.74) is 1.12. The largest absolute Gasteiger partial charge is 0.376 e. The molecule has 1 N–H and O–H groups in total. The van der Waals surface area contributed by atoms with Crippen molar-refractivity contribution < 1.29 is 18.4 Å². The molecule has 2 saturated heterocycles. The maximum Gasteiger partial charge on any atom is 0.258 e. The zero-order valence-corrected chi connectivity index (χ0v) is 17.4. The quantitative estimate of drug-likeness (QED) is 0.746. The molecule has 1 aromatic carbocycles. The molecular formula is C22H29FN4O3. The van der Waals surface area contributed by atoms with Crippen molar-refractivity contribution in [1.29, 1.82) is 0 Å². The molecule has 1 aromatic heterocycles. The standard InChI is InChI=1S/C22H29FN4O3/c1-2-4-20-25-22(30-26-20)16-6-7-19(18(23)13-16)27-10-8-15(9-11-27)21(28)24-14-17-5-3-12-29-17/h6-7,13,15,17H,2-5,8-12,14H2,1H3,(H,24,28). The summed E-state index contributed by atoms with van der Waals surface area (Å²) in [6.45, 7) is 4.72. The van der Waals surface area contributed by atoms with Gasteiger partial charge in [-0.3, -0.25) is 4.79 Å². The molecule has 0 aliphatic carbocycles. The van der Waals surface area contributed by atoms with Crippen LogP contribution in [0, 0.1) is 11.7 Å². The van der Waals surface area contributed by atoms with E-state index in [1.807, 2.05) is 17.9 Å². The molecule has 0 bridgehead atoms. The molecule has 0 saturated carbocycles. The Balaban J connectivity index is 1.32. The Labute approximate surface area is 176 Å². The topological polar surface area (TPSA) is 80.5 Å². The number of amides is 1. The van der Waals surface area contributed by atoms with E-state index in [9.17, 15) is 9.18 Å². The van der Waals surface area contributed by atoms with E-state index in [1.165, 1.54) is 6.07 Å². The van der Waals surface area contributed by atoms with Crippen molar-refractivity contribution in [2.45, 2.75) is 51.6 Å². The normalized spacial score (nSPS) is 19.9. The maximum atomic E-state index is 14.8. The molecule has 2 fully saturated rings. The lowest BCUT2D eigenvalue weighted by atomic mass is 9.95. The summed E-state index contributed by atoms with van der Waals surface area (Å²) < 4.78 is 25.6. The number of aromatic nitrogens is 2. The van der Waals surface area contributed by atoms with Crippen molar-refractivity contribution in [3.63, 3.8) is 0 Å². The summed E-state index contributed by atoms with van der Waals surface area (Å²) >= 11 is 0. The fourth-order valence-corrected chi connectivity index (χ4v) is 4.14. The van der Waals surface area contributed by atoms with Gasteiger partial charge in [0.15, 0.2) is 5.82 Å². The Hall–Kier alpha value is -2.48. The van der Waals surface area contributed by atoms with Crippen LogP contribution in [0.25, 0.3) is 11.5 Å². The van der Waals surface area contributed by atoms with Crippen LogP contribution in [0.5, 0.6) is 0 Å². The molecule has 2 aromatic rings. The number of rotatable bonds is 7. The lowest BCUT2D eigenvalue weighted by molar-refractivity contribution is -0.126. The summed E-state index contributed by atoms with van der Waals surface area (Å²) in [6.07, 6.45) is 5.31. The monoisotopic (exact) mass is 416 g/mol. The van der Waals surface area contributed by atoms with Gasteiger partial charge in [0.2, 0.25) is 5.91 Å². The fourth-order valence-electron chi connectivity index (χ4n) is 4.14. The number of piperidine rings is 1. The van der Waals surface area contributed by atoms with Crippen molar-refractivity contribution in [2.75, 3.05) is 31.1 Å². The van der Waals surface area contributed by atoms with Crippen LogP contribution < -0.4 is 10.2 Å². The summed E-state index contributed by atoms with van der Waals surface area (Å²) in [5.74, 6) is 0.715. The lowest BCUT2D eigenvalue weighted by Gasteiger charge is -2.33. The number of aryl methyl sites for hydroxylation is 1. The molecule has 0 radical (unpaired) electrons. The number of ether oxygens (including phenoxy) is 1. The van der Waals surface area contributed by atoms with E-state index < -0.39 is 0 Å². The fraction of sp³-hybridized carbons (Fsp3) is 0.591. The first-order valence-corrected chi connectivity index (χ1v) is 10.9. The van der Waals surface area contributed by atoms with Gasteiger partial charge in [0.05, 0.1) is 11.8 Å². The van der Waals surface area contributed by atoms with E-state index in [0.717, 1.165) is 32.3 Å². The van der Waals surface area contributed by atoms with Crippen molar-refractivity contribution >= 4 is 11.6 Å². The highest BCUT2D eigenvalue weighted by Crippen LogP contribution is 2.29. The summed E-state index contributed by atoms with van der Waals surface area (Å²) in [6, 6.07) is 5.01. The van der Waals surface area contributed by atoms with Gasteiger partial charge in [-0.25, -0.2) is 4.39 Å². The number of carbonyl (C=O) groups is 1. The molecule has 162 valence electrons. The maximum absolute atomic E-state index is 14.8. The van der Waals surface area contributed by atoms with Crippen LogP contribution in [0.4, 0.5) is 10.1 Å².